The number of carbonyl (C=O) groups excluding carboxylic acids is 1. The maximum atomic E-state index is 12.4. The number of carbonyl (C=O) groups is 1. The van der Waals surface area contributed by atoms with E-state index in [2.05, 4.69) is 5.10 Å². The van der Waals surface area contributed by atoms with Crippen LogP contribution in [-0.4, -0.2) is 44.2 Å². The van der Waals surface area contributed by atoms with E-state index >= 15 is 0 Å². The third-order valence-corrected chi connectivity index (χ3v) is 4.11. The van der Waals surface area contributed by atoms with Crippen molar-refractivity contribution in [2.75, 3.05) is 6.54 Å². The minimum absolute atomic E-state index is 0.0862. The smallest absolute Gasteiger partial charge is 0.256 e. The maximum absolute atomic E-state index is 12.4. The molecule has 0 aromatic carbocycles. The van der Waals surface area contributed by atoms with Crippen molar-refractivity contribution in [2.24, 2.45) is 0 Å². The Bertz CT molecular complexity index is 667. The van der Waals surface area contributed by atoms with Gasteiger partial charge in [0.1, 0.15) is 0 Å². The van der Waals surface area contributed by atoms with E-state index in [1.54, 1.807) is 27.9 Å². The van der Waals surface area contributed by atoms with E-state index in [1.165, 1.54) is 0 Å². The lowest BCUT2D eigenvalue weighted by Crippen LogP contribution is -2.60. The fraction of sp³-hybridized carbons (Fsp3) is 0.385. The van der Waals surface area contributed by atoms with Gasteiger partial charge in [0.05, 0.1) is 28.2 Å². The number of nitrogens with zero attached hydrogens (tertiary/aromatic N) is 3. The van der Waals surface area contributed by atoms with Crippen molar-refractivity contribution in [2.45, 2.75) is 26.0 Å². The molecule has 6 heteroatoms. The molecule has 3 heterocycles. The first-order valence-corrected chi connectivity index (χ1v) is 6.50. The summed E-state index contributed by atoms with van der Waals surface area (Å²) in [5.41, 5.74) is 2.15. The molecule has 1 aliphatic rings. The second-order valence-corrected chi connectivity index (χ2v) is 5.31. The second-order valence-electron chi connectivity index (χ2n) is 4.91. The van der Waals surface area contributed by atoms with Crippen LogP contribution in [-0.2, 0) is 0 Å². The molecule has 0 aliphatic carbocycles. The molecule has 1 saturated heterocycles. The van der Waals surface area contributed by atoms with Crippen LogP contribution in [0.2, 0.25) is 5.02 Å². The van der Waals surface area contributed by atoms with Crippen LogP contribution in [0, 0.1) is 6.92 Å². The molecule has 0 saturated carbocycles. The number of hydrogen-bond donors (Lipinski definition) is 1. The molecule has 1 amide bonds. The molecule has 2 aromatic heterocycles. The lowest BCUT2D eigenvalue weighted by molar-refractivity contribution is -0.0357. The molecule has 0 radical (unpaired) electrons. The van der Waals surface area contributed by atoms with E-state index in [9.17, 15) is 9.90 Å². The minimum Gasteiger partial charge on any atom is -0.389 e. The number of β-amino-alcohol motifs (C(OH)–C–C–N with tert-alkyl or cyclic N) is 1. The summed E-state index contributed by atoms with van der Waals surface area (Å²) in [6.07, 6.45) is 2.86. The number of amides is 1. The normalized spacial score (nSPS) is 22.6. The number of rotatable bonds is 1. The summed E-state index contributed by atoms with van der Waals surface area (Å²) in [6.45, 7) is 4.08. The molecule has 3 rings (SSSR count). The number of aliphatic hydroxyl groups is 1. The molecule has 0 bridgehead atoms. The van der Waals surface area contributed by atoms with Gasteiger partial charge in [-0.25, -0.2) is 4.52 Å². The van der Waals surface area contributed by atoms with Crippen LogP contribution < -0.4 is 0 Å². The summed E-state index contributed by atoms with van der Waals surface area (Å²) in [4.78, 5) is 14.1. The van der Waals surface area contributed by atoms with Gasteiger partial charge in [-0.15, -0.1) is 0 Å². The van der Waals surface area contributed by atoms with Crippen LogP contribution in [0.4, 0.5) is 0 Å². The summed E-state index contributed by atoms with van der Waals surface area (Å²) in [6, 6.07) is 1.56. The number of halogens is 1. The molecule has 2 aromatic rings. The Labute approximate surface area is 115 Å². The van der Waals surface area contributed by atoms with Gasteiger partial charge < -0.3 is 10.0 Å². The SMILES string of the molecule is Cc1c(C(=O)N2C[C@@H](O)[C@H]2C)cn2nccc(Cl)c12. The number of hydrogen-bond acceptors (Lipinski definition) is 3. The third-order valence-electron chi connectivity index (χ3n) is 3.80. The van der Waals surface area contributed by atoms with Crippen molar-refractivity contribution in [3.63, 3.8) is 0 Å². The standard InChI is InChI=1S/C13H14ClN3O2/c1-7-9(13(19)16-6-11(18)8(16)2)5-17-12(7)10(14)3-4-15-17/h3-5,8,11,18H,6H2,1-2H3/t8-,11-/m1/s1. The molecule has 19 heavy (non-hydrogen) atoms. The molecule has 2 atom stereocenters. The molecule has 0 unspecified atom stereocenters. The fourth-order valence-corrected chi connectivity index (χ4v) is 2.73. The van der Waals surface area contributed by atoms with Crippen LogP contribution in [0.1, 0.15) is 22.8 Å². The van der Waals surface area contributed by atoms with Gasteiger partial charge in [-0.2, -0.15) is 5.10 Å². The Balaban J connectivity index is 2.04. The molecule has 0 spiro atoms. The summed E-state index contributed by atoms with van der Waals surface area (Å²) >= 11 is 6.13. The number of aromatic nitrogens is 2. The average molecular weight is 280 g/mol. The fourth-order valence-electron chi connectivity index (χ4n) is 2.44. The Morgan fingerprint density at radius 3 is 2.89 bits per heavy atom. The van der Waals surface area contributed by atoms with Crippen LogP contribution in [0.15, 0.2) is 18.5 Å². The predicted molar refractivity (Wildman–Crippen MR) is 71.4 cm³/mol. The molecular formula is C13H14ClN3O2. The van der Waals surface area contributed by atoms with Crippen molar-refractivity contribution in [1.29, 1.82) is 0 Å². The van der Waals surface area contributed by atoms with Gasteiger partial charge in [-0.05, 0) is 25.5 Å². The Kier molecular flexibility index (Phi) is 2.76. The van der Waals surface area contributed by atoms with E-state index in [4.69, 9.17) is 11.6 Å². The zero-order valence-electron chi connectivity index (χ0n) is 10.7. The molecule has 100 valence electrons. The van der Waals surface area contributed by atoms with Crippen LogP contribution in [0.5, 0.6) is 0 Å². The summed E-state index contributed by atoms with van der Waals surface area (Å²) < 4.78 is 1.62. The highest BCUT2D eigenvalue weighted by atomic mass is 35.5. The van der Waals surface area contributed by atoms with Gasteiger partial charge in [0.2, 0.25) is 0 Å². The third kappa shape index (κ3) is 1.73. The van der Waals surface area contributed by atoms with Gasteiger partial charge in [0.15, 0.2) is 0 Å². The van der Waals surface area contributed by atoms with Crippen molar-refractivity contribution in [1.82, 2.24) is 14.5 Å². The lowest BCUT2D eigenvalue weighted by Gasteiger charge is -2.43. The molecule has 5 nitrogen and oxygen atoms in total. The van der Waals surface area contributed by atoms with Gasteiger partial charge in [-0.1, -0.05) is 11.6 Å². The molecular weight excluding hydrogens is 266 g/mol. The monoisotopic (exact) mass is 279 g/mol. The van der Waals surface area contributed by atoms with Crippen molar-refractivity contribution < 1.29 is 9.90 Å². The highest BCUT2D eigenvalue weighted by Gasteiger charge is 2.38. The highest BCUT2D eigenvalue weighted by molar-refractivity contribution is 6.34. The number of likely N-dealkylation sites (tertiary alicyclic amines) is 1. The Morgan fingerprint density at radius 2 is 2.32 bits per heavy atom. The minimum atomic E-state index is -0.428. The predicted octanol–water partition coefficient (Wildman–Crippen LogP) is 1.50. The zero-order chi connectivity index (χ0) is 13.7. The van der Waals surface area contributed by atoms with Gasteiger partial charge in [0.25, 0.3) is 5.91 Å². The van der Waals surface area contributed by atoms with E-state index in [1.807, 2.05) is 13.8 Å². The van der Waals surface area contributed by atoms with E-state index in [-0.39, 0.29) is 11.9 Å². The van der Waals surface area contributed by atoms with Crippen molar-refractivity contribution >= 4 is 23.0 Å². The zero-order valence-corrected chi connectivity index (χ0v) is 11.4. The first-order valence-electron chi connectivity index (χ1n) is 6.12. The van der Waals surface area contributed by atoms with Crippen molar-refractivity contribution in [3.05, 3.63) is 34.6 Å². The van der Waals surface area contributed by atoms with Crippen LogP contribution >= 0.6 is 11.6 Å². The molecule has 1 fully saturated rings. The second kappa shape index (κ2) is 4.21. The average Bonchev–Trinajstić information content (AvgIpc) is 2.73. The molecule has 1 N–H and O–H groups in total. The summed E-state index contributed by atoms with van der Waals surface area (Å²) in [7, 11) is 0. The largest absolute Gasteiger partial charge is 0.389 e. The summed E-state index contributed by atoms with van der Waals surface area (Å²) in [5, 5.41) is 14.2. The Morgan fingerprint density at radius 1 is 1.58 bits per heavy atom. The van der Waals surface area contributed by atoms with E-state index in [0.29, 0.717) is 17.1 Å². The maximum Gasteiger partial charge on any atom is 0.256 e. The number of aliphatic hydroxyl groups excluding tert-OH is 1. The number of fused-ring (bicyclic) bond motifs is 1. The van der Waals surface area contributed by atoms with E-state index in [0.717, 1.165) is 11.1 Å². The van der Waals surface area contributed by atoms with Gasteiger partial charge >= 0.3 is 0 Å². The van der Waals surface area contributed by atoms with Crippen LogP contribution in [0.3, 0.4) is 0 Å². The quantitative estimate of drug-likeness (QED) is 0.861. The molecule has 1 aliphatic heterocycles. The van der Waals surface area contributed by atoms with Crippen LogP contribution in [0.25, 0.3) is 5.52 Å². The first-order chi connectivity index (χ1) is 9.00. The summed E-state index contributed by atoms with van der Waals surface area (Å²) in [5.74, 6) is -0.0862. The first kappa shape index (κ1) is 12.4. The van der Waals surface area contributed by atoms with Gasteiger partial charge in [0, 0.05) is 18.9 Å². The van der Waals surface area contributed by atoms with Crippen molar-refractivity contribution in [3.8, 4) is 0 Å². The number of aryl methyl sites for hydroxylation is 1. The lowest BCUT2D eigenvalue weighted by atomic mass is 9.99. The Hall–Kier alpha value is -1.59. The van der Waals surface area contributed by atoms with E-state index < -0.39 is 6.10 Å². The topological polar surface area (TPSA) is 57.8 Å². The van der Waals surface area contributed by atoms with Gasteiger partial charge in [-0.3, -0.25) is 4.79 Å². The highest BCUT2D eigenvalue weighted by Crippen LogP contribution is 2.27.